The molecule has 21 heavy (non-hydrogen) atoms. The molecule has 1 rings (SSSR count). The summed E-state index contributed by atoms with van der Waals surface area (Å²) in [5.41, 5.74) is 0. The van der Waals surface area contributed by atoms with Gasteiger partial charge >= 0.3 is 0 Å². The molecule has 0 amide bonds. The van der Waals surface area contributed by atoms with Gasteiger partial charge in [-0.2, -0.15) is 0 Å². The molecule has 0 radical (unpaired) electrons. The predicted octanol–water partition coefficient (Wildman–Crippen LogP) is 4.26. The summed E-state index contributed by atoms with van der Waals surface area (Å²) in [4.78, 5) is 4.11. The standard InChI is InChI=1S/C15H26BrNO3Si/c1-15(2,3)21(4,5)20-11-9-18-8-10-19-14-12-13(16)6-7-17-14/h6-7,12H,8-11H2,1-5H3. The summed E-state index contributed by atoms with van der Waals surface area (Å²) in [5.74, 6) is 0.602. The van der Waals surface area contributed by atoms with Crippen molar-refractivity contribution in [2.45, 2.75) is 38.9 Å². The minimum atomic E-state index is -1.66. The van der Waals surface area contributed by atoms with E-state index in [1.807, 2.05) is 12.1 Å². The van der Waals surface area contributed by atoms with E-state index in [1.165, 1.54) is 0 Å². The normalized spacial score (nSPS) is 12.5. The Kier molecular flexibility index (Phi) is 7.33. The molecule has 4 nitrogen and oxygen atoms in total. The molecule has 0 saturated carbocycles. The number of aromatic nitrogens is 1. The molecule has 0 aliphatic heterocycles. The molecule has 0 spiro atoms. The van der Waals surface area contributed by atoms with E-state index >= 15 is 0 Å². The van der Waals surface area contributed by atoms with Gasteiger partial charge in [-0.15, -0.1) is 0 Å². The second kappa shape index (κ2) is 8.27. The smallest absolute Gasteiger partial charge is 0.214 e. The van der Waals surface area contributed by atoms with Crippen molar-refractivity contribution in [3.05, 3.63) is 22.8 Å². The van der Waals surface area contributed by atoms with Gasteiger partial charge in [0, 0.05) is 16.7 Å². The molecule has 0 saturated heterocycles. The van der Waals surface area contributed by atoms with Gasteiger partial charge in [0.2, 0.25) is 5.88 Å². The van der Waals surface area contributed by atoms with E-state index in [0.29, 0.717) is 32.3 Å². The molecule has 6 heteroatoms. The molecule has 0 unspecified atom stereocenters. The Labute approximate surface area is 137 Å². The highest BCUT2D eigenvalue weighted by Gasteiger charge is 2.36. The Morgan fingerprint density at radius 2 is 1.81 bits per heavy atom. The van der Waals surface area contributed by atoms with Crippen molar-refractivity contribution in [2.24, 2.45) is 0 Å². The van der Waals surface area contributed by atoms with Gasteiger partial charge in [0.25, 0.3) is 0 Å². The van der Waals surface area contributed by atoms with Gasteiger partial charge in [0.05, 0.1) is 19.8 Å². The first kappa shape index (κ1) is 18.6. The lowest BCUT2D eigenvalue weighted by atomic mass is 10.2. The van der Waals surface area contributed by atoms with E-state index in [2.05, 4.69) is 54.8 Å². The van der Waals surface area contributed by atoms with Crippen LogP contribution in [0.1, 0.15) is 20.8 Å². The predicted molar refractivity (Wildman–Crippen MR) is 91.4 cm³/mol. The van der Waals surface area contributed by atoms with Gasteiger partial charge in [-0.3, -0.25) is 0 Å². The van der Waals surface area contributed by atoms with Crippen LogP contribution in [0, 0.1) is 0 Å². The lowest BCUT2D eigenvalue weighted by Gasteiger charge is -2.36. The van der Waals surface area contributed by atoms with Crippen LogP contribution < -0.4 is 4.74 Å². The van der Waals surface area contributed by atoms with Crippen LogP contribution in [-0.2, 0) is 9.16 Å². The number of pyridine rings is 1. The maximum Gasteiger partial charge on any atom is 0.214 e. The van der Waals surface area contributed by atoms with Crippen molar-refractivity contribution < 1.29 is 13.9 Å². The minimum Gasteiger partial charge on any atom is -0.475 e. The van der Waals surface area contributed by atoms with E-state index in [-0.39, 0.29) is 5.04 Å². The topological polar surface area (TPSA) is 40.6 Å². The quantitative estimate of drug-likeness (QED) is 0.502. The maximum atomic E-state index is 6.03. The van der Waals surface area contributed by atoms with Crippen molar-refractivity contribution in [2.75, 3.05) is 26.4 Å². The SMILES string of the molecule is CC(C)(C)[Si](C)(C)OCCOCCOc1cc(Br)ccn1. The van der Waals surface area contributed by atoms with Crippen LogP contribution in [0.25, 0.3) is 0 Å². The van der Waals surface area contributed by atoms with Gasteiger partial charge in [0.15, 0.2) is 8.32 Å². The third-order valence-corrected chi connectivity index (χ3v) is 8.70. The summed E-state index contributed by atoms with van der Waals surface area (Å²) in [6.07, 6.45) is 1.70. The first-order chi connectivity index (χ1) is 9.72. The molecule has 1 heterocycles. The molecule has 0 fully saturated rings. The fraction of sp³-hybridized carbons (Fsp3) is 0.667. The maximum absolute atomic E-state index is 6.03. The summed E-state index contributed by atoms with van der Waals surface area (Å²) >= 11 is 3.38. The van der Waals surface area contributed by atoms with Crippen LogP contribution in [-0.4, -0.2) is 39.7 Å². The summed E-state index contributed by atoms with van der Waals surface area (Å²) in [6, 6.07) is 3.70. The van der Waals surface area contributed by atoms with Crippen LogP contribution in [0.2, 0.25) is 18.1 Å². The van der Waals surface area contributed by atoms with Crippen LogP contribution in [0.5, 0.6) is 5.88 Å². The van der Waals surface area contributed by atoms with Gasteiger partial charge in [-0.05, 0) is 24.2 Å². The number of hydrogen-bond acceptors (Lipinski definition) is 4. The van der Waals surface area contributed by atoms with E-state index in [9.17, 15) is 0 Å². The molecule has 1 aromatic rings. The zero-order valence-electron chi connectivity index (χ0n) is 13.6. The van der Waals surface area contributed by atoms with Gasteiger partial charge in [-0.25, -0.2) is 4.98 Å². The zero-order chi connectivity index (χ0) is 15.9. The first-order valence-corrected chi connectivity index (χ1v) is 10.9. The Morgan fingerprint density at radius 3 is 2.43 bits per heavy atom. The fourth-order valence-corrected chi connectivity index (χ4v) is 2.68. The average molecular weight is 376 g/mol. The van der Waals surface area contributed by atoms with Crippen LogP contribution in [0.3, 0.4) is 0 Å². The van der Waals surface area contributed by atoms with Crippen molar-refractivity contribution >= 4 is 24.2 Å². The third-order valence-electron chi connectivity index (χ3n) is 3.67. The molecule has 0 aromatic carbocycles. The number of halogens is 1. The van der Waals surface area contributed by atoms with Crippen molar-refractivity contribution in [1.82, 2.24) is 4.98 Å². The lowest BCUT2D eigenvalue weighted by molar-refractivity contribution is 0.0720. The van der Waals surface area contributed by atoms with E-state index < -0.39 is 8.32 Å². The molecule has 0 atom stereocenters. The number of nitrogens with zero attached hydrogens (tertiary/aromatic N) is 1. The Morgan fingerprint density at radius 1 is 1.14 bits per heavy atom. The molecule has 0 bridgehead atoms. The summed E-state index contributed by atoms with van der Waals surface area (Å²) < 4.78 is 18.0. The summed E-state index contributed by atoms with van der Waals surface area (Å²) in [7, 11) is -1.66. The van der Waals surface area contributed by atoms with Crippen LogP contribution in [0.15, 0.2) is 22.8 Å². The molecule has 0 aliphatic rings. The zero-order valence-corrected chi connectivity index (χ0v) is 16.2. The van der Waals surface area contributed by atoms with Crippen molar-refractivity contribution in [3.63, 3.8) is 0 Å². The Hall–Kier alpha value is -0.433. The molecular formula is C15H26BrNO3Si. The van der Waals surface area contributed by atoms with Gasteiger partial charge in [0.1, 0.15) is 6.61 Å². The van der Waals surface area contributed by atoms with E-state index in [4.69, 9.17) is 13.9 Å². The third kappa shape index (κ3) is 6.91. The van der Waals surface area contributed by atoms with Gasteiger partial charge in [-0.1, -0.05) is 36.7 Å². The summed E-state index contributed by atoms with van der Waals surface area (Å²) in [5, 5.41) is 0.239. The Balaban J connectivity index is 2.10. The highest BCUT2D eigenvalue weighted by Crippen LogP contribution is 2.36. The van der Waals surface area contributed by atoms with Crippen LogP contribution in [0.4, 0.5) is 0 Å². The highest BCUT2D eigenvalue weighted by atomic mass is 79.9. The molecule has 0 aliphatic carbocycles. The fourth-order valence-electron chi connectivity index (χ4n) is 1.34. The number of rotatable bonds is 8. The second-order valence-electron chi connectivity index (χ2n) is 6.38. The average Bonchev–Trinajstić information content (AvgIpc) is 2.36. The van der Waals surface area contributed by atoms with E-state index in [1.54, 1.807) is 6.20 Å². The largest absolute Gasteiger partial charge is 0.475 e. The molecular weight excluding hydrogens is 350 g/mol. The first-order valence-electron chi connectivity index (χ1n) is 7.18. The number of hydrogen-bond donors (Lipinski definition) is 0. The van der Waals surface area contributed by atoms with Crippen molar-refractivity contribution in [3.8, 4) is 5.88 Å². The Bertz CT molecular complexity index is 435. The minimum absolute atomic E-state index is 0.239. The molecule has 120 valence electrons. The highest BCUT2D eigenvalue weighted by molar-refractivity contribution is 9.10. The van der Waals surface area contributed by atoms with E-state index in [0.717, 1.165) is 4.47 Å². The lowest BCUT2D eigenvalue weighted by Crippen LogP contribution is -2.41. The van der Waals surface area contributed by atoms with Crippen LogP contribution >= 0.6 is 15.9 Å². The molecule has 0 N–H and O–H groups in total. The van der Waals surface area contributed by atoms with Crippen molar-refractivity contribution in [1.29, 1.82) is 0 Å². The second-order valence-corrected chi connectivity index (χ2v) is 12.1. The number of ether oxygens (including phenoxy) is 2. The van der Waals surface area contributed by atoms with Gasteiger partial charge < -0.3 is 13.9 Å². The summed E-state index contributed by atoms with van der Waals surface area (Å²) in [6.45, 7) is 13.5. The molecule has 1 aromatic heterocycles. The monoisotopic (exact) mass is 375 g/mol.